The summed E-state index contributed by atoms with van der Waals surface area (Å²) in [5.74, 6) is 0.0488. The molecule has 1 aromatic rings. The van der Waals surface area contributed by atoms with Crippen molar-refractivity contribution in [3.05, 3.63) is 30.3 Å². The molecular weight excluding hydrogens is 228 g/mol. The van der Waals surface area contributed by atoms with Crippen LogP contribution in [0, 0.1) is 0 Å². The Kier molecular flexibility index (Phi) is 6.18. The third-order valence-electron chi connectivity index (χ3n) is 2.93. The molecule has 1 amide bonds. The van der Waals surface area contributed by atoms with Crippen LogP contribution in [-0.2, 0) is 4.79 Å². The van der Waals surface area contributed by atoms with Crippen molar-refractivity contribution in [2.24, 2.45) is 11.5 Å². The molecule has 5 heteroatoms. The Labute approximate surface area is 108 Å². The summed E-state index contributed by atoms with van der Waals surface area (Å²) in [4.78, 5) is 15.5. The lowest BCUT2D eigenvalue weighted by molar-refractivity contribution is -0.129. The highest BCUT2D eigenvalue weighted by molar-refractivity contribution is 5.78. The Bertz CT molecular complexity index is 347. The fraction of sp³-hybridized carbons (Fsp3) is 0.462. The van der Waals surface area contributed by atoms with E-state index < -0.39 is 0 Å². The maximum absolute atomic E-state index is 11.4. The molecule has 4 N–H and O–H groups in total. The van der Waals surface area contributed by atoms with Crippen LogP contribution in [0.4, 0.5) is 5.69 Å². The number of anilines is 1. The van der Waals surface area contributed by atoms with Crippen LogP contribution in [0.25, 0.3) is 0 Å². The van der Waals surface area contributed by atoms with Crippen molar-refractivity contribution >= 4 is 11.6 Å². The highest BCUT2D eigenvalue weighted by Gasteiger charge is 2.19. The number of nitrogens with two attached hydrogens (primary N) is 2. The third kappa shape index (κ3) is 3.72. The molecule has 18 heavy (non-hydrogen) atoms. The van der Waals surface area contributed by atoms with Crippen LogP contribution in [0.2, 0.25) is 0 Å². The van der Waals surface area contributed by atoms with E-state index in [1.165, 1.54) is 12.7 Å². The average molecular weight is 250 g/mol. The lowest BCUT2D eigenvalue weighted by Crippen LogP contribution is -2.50. The zero-order valence-electron chi connectivity index (χ0n) is 10.9. The fourth-order valence-electron chi connectivity index (χ4n) is 1.98. The predicted molar refractivity (Wildman–Crippen MR) is 74.4 cm³/mol. The second-order valence-electron chi connectivity index (χ2n) is 3.91. The number of hydrogen-bond acceptors (Lipinski definition) is 4. The Morgan fingerprint density at radius 2 is 1.67 bits per heavy atom. The number of carbonyl (C=O) groups is 1. The van der Waals surface area contributed by atoms with Gasteiger partial charge in [0.1, 0.15) is 0 Å². The summed E-state index contributed by atoms with van der Waals surface area (Å²) in [6.07, 6.45) is 0. The van der Waals surface area contributed by atoms with Crippen LogP contribution in [0.5, 0.6) is 0 Å². The van der Waals surface area contributed by atoms with Crippen LogP contribution < -0.4 is 16.4 Å². The minimum absolute atomic E-state index is 0.0488. The van der Waals surface area contributed by atoms with E-state index in [0.29, 0.717) is 0 Å². The van der Waals surface area contributed by atoms with E-state index >= 15 is 0 Å². The van der Waals surface area contributed by atoms with E-state index in [0.717, 1.165) is 26.2 Å². The fourth-order valence-corrected chi connectivity index (χ4v) is 1.98. The van der Waals surface area contributed by atoms with Crippen molar-refractivity contribution in [1.82, 2.24) is 4.90 Å². The van der Waals surface area contributed by atoms with Gasteiger partial charge in [-0.2, -0.15) is 0 Å². The van der Waals surface area contributed by atoms with Gasteiger partial charge in [0.25, 0.3) is 0 Å². The molecule has 0 spiro atoms. The van der Waals surface area contributed by atoms with Gasteiger partial charge in [-0.3, -0.25) is 4.79 Å². The van der Waals surface area contributed by atoms with Gasteiger partial charge in [0.15, 0.2) is 0 Å². The number of rotatable bonds is 2. The standard InChI is InChI=1S/C12H17N3O.CH5N/c13-10-12(16)15-8-6-14(7-9-15)11-4-2-1-3-5-11;1-2/h1-5H,6-10,13H2;2H2,1H3. The summed E-state index contributed by atoms with van der Waals surface area (Å²) in [7, 11) is 1.50. The molecule has 0 unspecified atom stereocenters. The number of hydrogen-bond donors (Lipinski definition) is 2. The molecule has 0 bridgehead atoms. The maximum Gasteiger partial charge on any atom is 0.236 e. The topological polar surface area (TPSA) is 75.6 Å². The van der Waals surface area contributed by atoms with E-state index in [4.69, 9.17) is 5.73 Å². The zero-order valence-corrected chi connectivity index (χ0v) is 10.9. The van der Waals surface area contributed by atoms with E-state index in [2.05, 4.69) is 22.8 Å². The van der Waals surface area contributed by atoms with Gasteiger partial charge in [-0.25, -0.2) is 0 Å². The molecular formula is C13H22N4O. The first-order chi connectivity index (χ1) is 8.81. The number of benzene rings is 1. The number of carbonyl (C=O) groups excluding carboxylic acids is 1. The molecule has 100 valence electrons. The average Bonchev–Trinajstić information content (AvgIpc) is 2.49. The molecule has 0 atom stereocenters. The first-order valence-electron chi connectivity index (χ1n) is 6.17. The SMILES string of the molecule is CN.NCC(=O)N1CCN(c2ccccc2)CC1. The normalized spacial score (nSPS) is 14.8. The quantitative estimate of drug-likeness (QED) is 0.766. The van der Waals surface area contributed by atoms with Crippen LogP contribution in [-0.4, -0.2) is 50.6 Å². The second kappa shape index (κ2) is 7.68. The van der Waals surface area contributed by atoms with Gasteiger partial charge >= 0.3 is 0 Å². The molecule has 1 aromatic carbocycles. The summed E-state index contributed by atoms with van der Waals surface area (Å²) < 4.78 is 0. The largest absolute Gasteiger partial charge is 0.368 e. The highest BCUT2D eigenvalue weighted by atomic mass is 16.2. The third-order valence-corrected chi connectivity index (χ3v) is 2.93. The Morgan fingerprint density at radius 1 is 1.11 bits per heavy atom. The molecule has 2 rings (SSSR count). The van der Waals surface area contributed by atoms with Gasteiger partial charge in [0, 0.05) is 31.9 Å². The summed E-state index contributed by atoms with van der Waals surface area (Å²) in [6, 6.07) is 10.3. The Morgan fingerprint density at radius 3 is 2.17 bits per heavy atom. The molecule has 0 aliphatic carbocycles. The van der Waals surface area contributed by atoms with Crippen molar-refractivity contribution in [1.29, 1.82) is 0 Å². The van der Waals surface area contributed by atoms with E-state index in [1.807, 2.05) is 23.1 Å². The molecule has 0 radical (unpaired) electrons. The van der Waals surface area contributed by atoms with Gasteiger partial charge in [0.2, 0.25) is 5.91 Å². The minimum Gasteiger partial charge on any atom is -0.368 e. The maximum atomic E-state index is 11.4. The molecule has 1 heterocycles. The predicted octanol–water partition coefficient (Wildman–Crippen LogP) is -0.131. The Hall–Kier alpha value is -1.59. The molecule has 1 aliphatic heterocycles. The van der Waals surface area contributed by atoms with Crippen molar-refractivity contribution in [3.63, 3.8) is 0 Å². The van der Waals surface area contributed by atoms with E-state index in [1.54, 1.807) is 0 Å². The van der Waals surface area contributed by atoms with Gasteiger partial charge in [-0.15, -0.1) is 0 Å². The zero-order chi connectivity index (χ0) is 13.4. The monoisotopic (exact) mass is 250 g/mol. The number of piperazine rings is 1. The number of amides is 1. The van der Waals surface area contributed by atoms with Crippen molar-refractivity contribution in [2.75, 3.05) is 44.7 Å². The first-order valence-corrected chi connectivity index (χ1v) is 6.17. The summed E-state index contributed by atoms with van der Waals surface area (Å²) in [6.45, 7) is 3.42. The lowest BCUT2D eigenvalue weighted by atomic mass is 10.2. The smallest absolute Gasteiger partial charge is 0.236 e. The van der Waals surface area contributed by atoms with Crippen LogP contribution >= 0.6 is 0 Å². The summed E-state index contributed by atoms with van der Waals surface area (Å²) in [5, 5.41) is 0. The molecule has 1 aliphatic rings. The van der Waals surface area contributed by atoms with Gasteiger partial charge < -0.3 is 21.3 Å². The van der Waals surface area contributed by atoms with Gasteiger partial charge in [0.05, 0.1) is 6.54 Å². The van der Waals surface area contributed by atoms with Gasteiger partial charge in [-0.1, -0.05) is 18.2 Å². The van der Waals surface area contributed by atoms with Crippen molar-refractivity contribution in [3.8, 4) is 0 Å². The first kappa shape index (κ1) is 14.5. The minimum atomic E-state index is 0.0488. The molecule has 1 fully saturated rings. The summed E-state index contributed by atoms with van der Waals surface area (Å²) in [5.41, 5.74) is 11.1. The Balaban J connectivity index is 0.000000771. The van der Waals surface area contributed by atoms with Gasteiger partial charge in [-0.05, 0) is 19.2 Å². The van der Waals surface area contributed by atoms with Crippen LogP contribution in [0.1, 0.15) is 0 Å². The molecule has 0 saturated carbocycles. The van der Waals surface area contributed by atoms with Crippen LogP contribution in [0.3, 0.4) is 0 Å². The van der Waals surface area contributed by atoms with Crippen molar-refractivity contribution < 1.29 is 4.79 Å². The number of para-hydroxylation sites is 1. The van der Waals surface area contributed by atoms with E-state index in [-0.39, 0.29) is 12.5 Å². The molecule has 5 nitrogen and oxygen atoms in total. The molecule has 1 saturated heterocycles. The van der Waals surface area contributed by atoms with Crippen molar-refractivity contribution in [2.45, 2.75) is 0 Å². The summed E-state index contributed by atoms with van der Waals surface area (Å²) >= 11 is 0. The highest BCUT2D eigenvalue weighted by Crippen LogP contribution is 2.15. The van der Waals surface area contributed by atoms with Crippen LogP contribution in [0.15, 0.2) is 30.3 Å². The van der Waals surface area contributed by atoms with E-state index in [9.17, 15) is 4.79 Å². The second-order valence-corrected chi connectivity index (χ2v) is 3.91. The molecule has 0 aromatic heterocycles. The number of nitrogens with zero attached hydrogens (tertiary/aromatic N) is 2. The lowest BCUT2D eigenvalue weighted by Gasteiger charge is -2.36.